The van der Waals surface area contributed by atoms with Gasteiger partial charge in [-0.05, 0) is 6.26 Å². The zero-order valence-corrected chi connectivity index (χ0v) is 13.7. The number of nitrogens with one attached hydrogen (secondary N) is 2. The van der Waals surface area contributed by atoms with Gasteiger partial charge in [0.1, 0.15) is 9.88 Å². The van der Waals surface area contributed by atoms with E-state index in [1.165, 1.54) is 23.1 Å². The Kier molecular flexibility index (Phi) is 7.14. The fraction of sp³-hybridized carbons (Fsp3) is 0.583. The number of thiophene rings is 1. The van der Waals surface area contributed by atoms with Crippen LogP contribution in [0.25, 0.3) is 0 Å². The van der Waals surface area contributed by atoms with Crippen LogP contribution in [0.3, 0.4) is 0 Å². The van der Waals surface area contributed by atoms with Crippen LogP contribution in [0.5, 0.6) is 0 Å². The van der Waals surface area contributed by atoms with Gasteiger partial charge < -0.3 is 25.8 Å². The highest BCUT2D eigenvalue weighted by Crippen LogP contribution is 2.41. The predicted molar refractivity (Wildman–Crippen MR) is 85.1 cm³/mol. The van der Waals surface area contributed by atoms with Gasteiger partial charge in [-0.1, -0.05) is 0 Å². The number of rotatable bonds is 8. The summed E-state index contributed by atoms with van der Waals surface area (Å²) in [6.45, 7) is 1.09. The summed E-state index contributed by atoms with van der Waals surface area (Å²) in [6, 6.07) is 0. The average Bonchev–Trinajstić information content (AvgIpc) is 2.78. The molecule has 0 spiro atoms. The lowest BCUT2D eigenvalue weighted by Crippen LogP contribution is -2.26. The van der Waals surface area contributed by atoms with Crippen molar-refractivity contribution in [2.24, 2.45) is 0 Å². The third kappa shape index (κ3) is 4.02. The minimum absolute atomic E-state index is 0.0542. The molecule has 1 heterocycles. The highest BCUT2D eigenvalue weighted by Gasteiger charge is 2.20. The van der Waals surface area contributed by atoms with Crippen molar-refractivity contribution in [1.82, 2.24) is 5.32 Å². The molecular formula is C12H21N3O3S2. The molecule has 8 heteroatoms. The summed E-state index contributed by atoms with van der Waals surface area (Å²) in [4.78, 5) is 13.2. The van der Waals surface area contributed by atoms with Crippen LogP contribution in [-0.2, 0) is 9.47 Å². The fourth-order valence-corrected chi connectivity index (χ4v) is 3.62. The van der Waals surface area contributed by atoms with Gasteiger partial charge in [0.15, 0.2) is 0 Å². The van der Waals surface area contributed by atoms with Gasteiger partial charge in [-0.15, -0.1) is 23.1 Å². The first-order chi connectivity index (χ1) is 9.58. The van der Waals surface area contributed by atoms with Crippen LogP contribution in [0, 0.1) is 0 Å². The fourth-order valence-electron chi connectivity index (χ4n) is 1.63. The Labute approximate surface area is 127 Å². The first-order valence-electron chi connectivity index (χ1n) is 6.02. The number of nitrogens with two attached hydrogens (primary N) is 1. The zero-order chi connectivity index (χ0) is 15.1. The normalized spacial score (nSPS) is 12.2. The maximum Gasteiger partial charge on any atom is 0.263 e. The first-order valence-corrected chi connectivity index (χ1v) is 8.07. The van der Waals surface area contributed by atoms with Crippen LogP contribution in [0.15, 0.2) is 4.90 Å². The van der Waals surface area contributed by atoms with Gasteiger partial charge in [-0.3, -0.25) is 4.79 Å². The highest BCUT2D eigenvalue weighted by atomic mass is 32.2. The number of anilines is 2. The third-order valence-electron chi connectivity index (χ3n) is 2.71. The van der Waals surface area contributed by atoms with Crippen LogP contribution >= 0.6 is 23.1 Å². The van der Waals surface area contributed by atoms with Gasteiger partial charge in [0.25, 0.3) is 5.91 Å². The van der Waals surface area contributed by atoms with Gasteiger partial charge in [-0.2, -0.15) is 0 Å². The lowest BCUT2D eigenvalue weighted by Gasteiger charge is -2.15. The second kappa shape index (κ2) is 8.35. The molecule has 0 bridgehead atoms. The molecule has 1 aromatic rings. The van der Waals surface area contributed by atoms with Crippen LogP contribution in [-0.4, -0.2) is 52.7 Å². The quantitative estimate of drug-likeness (QED) is 0.629. The summed E-state index contributed by atoms with van der Waals surface area (Å²) >= 11 is 2.86. The molecule has 0 saturated carbocycles. The SMILES string of the molecule is CNC(=O)c1sc(NCC(COC)OC)c(SC)c1N. The number of carbonyl (C=O) groups excluding carboxylic acids is 1. The van der Waals surface area contributed by atoms with Crippen molar-refractivity contribution in [3.05, 3.63) is 4.88 Å². The smallest absolute Gasteiger partial charge is 0.263 e. The standard InChI is InChI=1S/C12H21N3O3S2/c1-14-11(16)9-8(13)10(19-4)12(20-9)15-5-7(18-3)6-17-2/h7,15H,5-6,13H2,1-4H3,(H,14,16). The Balaban J connectivity index is 2.86. The molecule has 20 heavy (non-hydrogen) atoms. The molecule has 0 aromatic carbocycles. The van der Waals surface area contributed by atoms with Gasteiger partial charge in [0.05, 0.1) is 23.3 Å². The molecule has 6 nitrogen and oxygen atoms in total. The molecule has 1 rings (SSSR count). The van der Waals surface area contributed by atoms with Crippen molar-refractivity contribution < 1.29 is 14.3 Å². The van der Waals surface area contributed by atoms with Gasteiger partial charge >= 0.3 is 0 Å². The number of hydrogen-bond donors (Lipinski definition) is 3. The van der Waals surface area contributed by atoms with Crippen LogP contribution in [0.2, 0.25) is 0 Å². The maximum absolute atomic E-state index is 11.8. The number of thioether (sulfide) groups is 1. The molecular weight excluding hydrogens is 298 g/mol. The molecule has 1 unspecified atom stereocenters. The molecule has 1 atom stereocenters. The number of nitrogen functional groups attached to an aromatic ring is 1. The lowest BCUT2D eigenvalue weighted by atomic mass is 10.3. The van der Waals surface area contributed by atoms with Gasteiger partial charge in [0.2, 0.25) is 0 Å². The van der Waals surface area contributed by atoms with E-state index in [9.17, 15) is 4.79 Å². The summed E-state index contributed by atoms with van der Waals surface area (Å²) in [5.74, 6) is -0.170. The van der Waals surface area contributed by atoms with Crippen LogP contribution in [0.1, 0.15) is 9.67 Å². The third-order valence-corrected chi connectivity index (χ3v) is 4.84. The lowest BCUT2D eigenvalue weighted by molar-refractivity contribution is 0.0366. The highest BCUT2D eigenvalue weighted by molar-refractivity contribution is 7.99. The van der Waals surface area contributed by atoms with Crippen molar-refractivity contribution in [3.8, 4) is 0 Å². The summed E-state index contributed by atoms with van der Waals surface area (Å²) in [7, 11) is 4.86. The summed E-state index contributed by atoms with van der Waals surface area (Å²) in [5, 5.41) is 6.75. The summed E-state index contributed by atoms with van der Waals surface area (Å²) in [6.07, 6.45) is 1.88. The largest absolute Gasteiger partial charge is 0.396 e. The van der Waals surface area contributed by atoms with Crippen molar-refractivity contribution in [2.75, 3.05) is 51.7 Å². The van der Waals surface area contributed by atoms with Crippen LogP contribution < -0.4 is 16.4 Å². The van der Waals surface area contributed by atoms with E-state index in [1.807, 2.05) is 6.26 Å². The Morgan fingerprint density at radius 2 is 2.20 bits per heavy atom. The van der Waals surface area contributed by atoms with E-state index in [0.29, 0.717) is 23.7 Å². The second-order valence-electron chi connectivity index (χ2n) is 3.98. The molecule has 0 aliphatic rings. The number of carbonyl (C=O) groups is 1. The Hall–Kier alpha value is -0.960. The minimum Gasteiger partial charge on any atom is -0.396 e. The topological polar surface area (TPSA) is 85.6 Å². The van der Waals surface area contributed by atoms with E-state index in [0.717, 1.165) is 9.90 Å². The van der Waals surface area contributed by atoms with Crippen LogP contribution in [0.4, 0.5) is 10.7 Å². The minimum atomic E-state index is -0.170. The first kappa shape index (κ1) is 17.1. The molecule has 1 amide bonds. The molecule has 4 N–H and O–H groups in total. The summed E-state index contributed by atoms with van der Waals surface area (Å²) in [5.41, 5.74) is 6.54. The van der Waals surface area contributed by atoms with Crippen molar-refractivity contribution in [3.63, 3.8) is 0 Å². The van der Waals surface area contributed by atoms with E-state index < -0.39 is 0 Å². The molecule has 0 radical (unpaired) electrons. The van der Waals surface area contributed by atoms with E-state index in [1.54, 1.807) is 21.3 Å². The van der Waals surface area contributed by atoms with Crippen molar-refractivity contribution in [2.45, 2.75) is 11.0 Å². The molecule has 0 fully saturated rings. The number of methoxy groups -OCH3 is 2. The van der Waals surface area contributed by atoms with Gasteiger partial charge in [-0.25, -0.2) is 0 Å². The number of ether oxygens (including phenoxy) is 2. The molecule has 0 aliphatic carbocycles. The average molecular weight is 319 g/mol. The molecule has 1 aromatic heterocycles. The van der Waals surface area contributed by atoms with Crippen molar-refractivity contribution in [1.29, 1.82) is 0 Å². The van der Waals surface area contributed by atoms with E-state index in [-0.39, 0.29) is 12.0 Å². The number of hydrogen-bond acceptors (Lipinski definition) is 7. The van der Waals surface area contributed by atoms with E-state index >= 15 is 0 Å². The maximum atomic E-state index is 11.8. The zero-order valence-electron chi connectivity index (χ0n) is 12.1. The molecule has 114 valence electrons. The van der Waals surface area contributed by atoms with E-state index in [2.05, 4.69) is 10.6 Å². The Morgan fingerprint density at radius 3 is 2.70 bits per heavy atom. The molecule has 0 saturated heterocycles. The monoisotopic (exact) mass is 319 g/mol. The Bertz CT molecular complexity index is 451. The predicted octanol–water partition coefficient (Wildman–Crippen LogP) is 1.49. The van der Waals surface area contributed by atoms with Crippen molar-refractivity contribution >= 4 is 39.7 Å². The molecule has 0 aliphatic heterocycles. The number of amides is 1. The van der Waals surface area contributed by atoms with Gasteiger partial charge in [0, 0.05) is 27.8 Å². The van der Waals surface area contributed by atoms with E-state index in [4.69, 9.17) is 15.2 Å². The second-order valence-corrected chi connectivity index (χ2v) is 5.82. The summed E-state index contributed by atoms with van der Waals surface area (Å²) < 4.78 is 10.4. The Morgan fingerprint density at radius 1 is 1.50 bits per heavy atom.